The van der Waals surface area contributed by atoms with Crippen LogP contribution >= 0.6 is 0 Å². The first-order valence-electron chi connectivity index (χ1n) is 13.1. The summed E-state index contributed by atoms with van der Waals surface area (Å²) in [5.41, 5.74) is 4.37. The van der Waals surface area contributed by atoms with Crippen LogP contribution in [0.15, 0.2) is 71.4 Å². The first-order chi connectivity index (χ1) is 16.6. The number of benzene rings is 2. The summed E-state index contributed by atoms with van der Waals surface area (Å²) in [6.07, 6.45) is 13.0. The fraction of sp³-hybridized carbons (Fsp3) is 0.452. The standard InChI is InChI=1S/C31H37NO2/c1-31(27-14-6-3-7-15-27,30(33)26-10-4-2-5-11-26)19-22-32-20-9-13-24(17-21-32)28-16-8-12-25-18-23-34-29(25)28/h3,6-8,12,14-18,23,26H,2,4-5,9-11,13,19-22H2,1H3. The van der Waals surface area contributed by atoms with Gasteiger partial charge in [0.1, 0.15) is 11.4 Å². The van der Waals surface area contributed by atoms with Gasteiger partial charge in [-0.2, -0.15) is 0 Å². The Morgan fingerprint density at radius 2 is 1.82 bits per heavy atom. The predicted octanol–water partition coefficient (Wildman–Crippen LogP) is 7.41. The molecule has 0 amide bonds. The van der Waals surface area contributed by atoms with Crippen LogP contribution in [-0.2, 0) is 10.2 Å². The molecule has 34 heavy (non-hydrogen) atoms. The van der Waals surface area contributed by atoms with Gasteiger partial charge in [0.2, 0.25) is 0 Å². The summed E-state index contributed by atoms with van der Waals surface area (Å²) in [7, 11) is 0. The van der Waals surface area contributed by atoms with Crippen molar-refractivity contribution in [2.24, 2.45) is 5.92 Å². The van der Waals surface area contributed by atoms with E-state index in [1.807, 2.05) is 6.07 Å². The minimum atomic E-state index is -0.415. The molecule has 3 aromatic rings. The number of para-hydroxylation sites is 1. The van der Waals surface area contributed by atoms with E-state index in [4.69, 9.17) is 4.42 Å². The largest absolute Gasteiger partial charge is 0.464 e. The average Bonchev–Trinajstić information content (AvgIpc) is 3.26. The molecule has 1 saturated carbocycles. The van der Waals surface area contributed by atoms with Gasteiger partial charge in [0.05, 0.1) is 11.7 Å². The third-order valence-corrected chi connectivity index (χ3v) is 8.20. The number of hydrogen-bond acceptors (Lipinski definition) is 3. The van der Waals surface area contributed by atoms with E-state index in [1.54, 1.807) is 6.26 Å². The smallest absolute Gasteiger partial charge is 0.146 e. The molecule has 1 aromatic heterocycles. The van der Waals surface area contributed by atoms with Gasteiger partial charge >= 0.3 is 0 Å². The van der Waals surface area contributed by atoms with E-state index in [0.717, 1.165) is 57.3 Å². The van der Waals surface area contributed by atoms with E-state index in [-0.39, 0.29) is 5.92 Å². The van der Waals surface area contributed by atoms with Gasteiger partial charge in [0, 0.05) is 23.4 Å². The molecular weight excluding hydrogens is 418 g/mol. The van der Waals surface area contributed by atoms with Gasteiger partial charge in [-0.3, -0.25) is 9.69 Å². The van der Waals surface area contributed by atoms with Crippen LogP contribution in [0, 0.1) is 5.92 Å². The minimum absolute atomic E-state index is 0.225. The molecule has 0 N–H and O–H groups in total. The number of furan rings is 1. The maximum Gasteiger partial charge on any atom is 0.146 e. The summed E-state index contributed by atoms with van der Waals surface area (Å²) in [5.74, 6) is 0.692. The Morgan fingerprint density at radius 1 is 1.00 bits per heavy atom. The molecule has 2 aliphatic rings. The Hall–Kier alpha value is -2.65. The number of fused-ring (bicyclic) bond motifs is 1. The monoisotopic (exact) mass is 455 g/mol. The van der Waals surface area contributed by atoms with E-state index < -0.39 is 5.41 Å². The van der Waals surface area contributed by atoms with Gasteiger partial charge in [-0.05, 0) is 69.3 Å². The average molecular weight is 456 g/mol. The molecule has 0 radical (unpaired) electrons. The fourth-order valence-electron chi connectivity index (χ4n) is 6.03. The molecule has 3 nitrogen and oxygen atoms in total. The fourth-order valence-corrected chi connectivity index (χ4v) is 6.03. The summed E-state index contributed by atoms with van der Waals surface area (Å²) < 4.78 is 5.80. The Morgan fingerprint density at radius 3 is 2.65 bits per heavy atom. The molecule has 1 fully saturated rings. The number of allylic oxidation sites excluding steroid dienone is 1. The zero-order valence-electron chi connectivity index (χ0n) is 20.5. The van der Waals surface area contributed by atoms with Crippen LogP contribution in [0.4, 0.5) is 0 Å². The van der Waals surface area contributed by atoms with Crippen molar-refractivity contribution in [3.05, 3.63) is 78.1 Å². The SMILES string of the molecule is CC(CCN1CC=C(c2cccc3ccoc23)CCC1)(C(=O)C1CCCCC1)c1ccccc1. The quantitative estimate of drug-likeness (QED) is 0.372. The molecule has 2 heterocycles. The number of rotatable bonds is 7. The normalized spacial score (nSPS) is 20.0. The number of hydrogen-bond donors (Lipinski definition) is 0. The number of Topliss-reactive ketones (excluding diaryl/α,β-unsaturated/α-hetero) is 1. The van der Waals surface area contributed by atoms with E-state index in [9.17, 15) is 4.79 Å². The van der Waals surface area contributed by atoms with Crippen molar-refractivity contribution in [1.29, 1.82) is 0 Å². The highest BCUT2D eigenvalue weighted by molar-refractivity contribution is 5.92. The first-order valence-corrected chi connectivity index (χ1v) is 13.1. The first kappa shape index (κ1) is 23.1. The van der Waals surface area contributed by atoms with Gasteiger partial charge in [-0.25, -0.2) is 0 Å². The Balaban J connectivity index is 1.32. The number of nitrogens with zero attached hydrogens (tertiary/aromatic N) is 1. The van der Waals surface area contributed by atoms with E-state index >= 15 is 0 Å². The highest BCUT2D eigenvalue weighted by Crippen LogP contribution is 2.37. The zero-order chi connectivity index (χ0) is 23.4. The van der Waals surface area contributed by atoms with Gasteiger partial charge in [0.25, 0.3) is 0 Å². The molecule has 178 valence electrons. The highest BCUT2D eigenvalue weighted by Gasteiger charge is 2.39. The van der Waals surface area contributed by atoms with Crippen LogP contribution in [-0.4, -0.2) is 30.3 Å². The summed E-state index contributed by atoms with van der Waals surface area (Å²) in [6, 6.07) is 19.0. The van der Waals surface area contributed by atoms with Crippen LogP contribution in [0.25, 0.3) is 16.5 Å². The maximum absolute atomic E-state index is 13.9. The lowest BCUT2D eigenvalue weighted by molar-refractivity contribution is -0.129. The molecule has 1 unspecified atom stereocenters. The molecule has 1 atom stereocenters. The zero-order valence-corrected chi connectivity index (χ0v) is 20.5. The van der Waals surface area contributed by atoms with Gasteiger partial charge in [-0.15, -0.1) is 0 Å². The van der Waals surface area contributed by atoms with Crippen molar-refractivity contribution >= 4 is 22.3 Å². The third kappa shape index (κ3) is 4.77. The van der Waals surface area contributed by atoms with Crippen LogP contribution in [0.5, 0.6) is 0 Å². The minimum Gasteiger partial charge on any atom is -0.464 e. The molecule has 0 saturated heterocycles. The lowest BCUT2D eigenvalue weighted by Gasteiger charge is -2.35. The maximum atomic E-state index is 13.9. The second-order valence-corrected chi connectivity index (χ2v) is 10.4. The second kappa shape index (κ2) is 10.3. The van der Waals surface area contributed by atoms with Crippen molar-refractivity contribution in [3.63, 3.8) is 0 Å². The Bertz CT molecular complexity index is 1140. The molecule has 1 aliphatic heterocycles. The van der Waals surface area contributed by atoms with Gasteiger partial charge in [0.15, 0.2) is 0 Å². The van der Waals surface area contributed by atoms with E-state index in [1.165, 1.54) is 41.3 Å². The molecule has 0 bridgehead atoms. The van der Waals surface area contributed by atoms with Crippen LogP contribution in [0.3, 0.4) is 0 Å². The van der Waals surface area contributed by atoms with Crippen molar-refractivity contribution in [1.82, 2.24) is 4.90 Å². The van der Waals surface area contributed by atoms with E-state index in [0.29, 0.717) is 5.78 Å². The number of carbonyl (C=O) groups is 1. The van der Waals surface area contributed by atoms with Gasteiger partial charge < -0.3 is 4.42 Å². The molecule has 1 aliphatic carbocycles. The lowest BCUT2D eigenvalue weighted by atomic mass is 9.69. The number of ketones is 1. The molecule has 3 heteroatoms. The van der Waals surface area contributed by atoms with Crippen LogP contribution in [0.1, 0.15) is 69.4 Å². The summed E-state index contributed by atoms with van der Waals surface area (Å²) in [5, 5.41) is 1.17. The second-order valence-electron chi connectivity index (χ2n) is 10.4. The Kier molecular flexibility index (Phi) is 7.01. The van der Waals surface area contributed by atoms with Crippen LogP contribution in [0.2, 0.25) is 0 Å². The van der Waals surface area contributed by atoms with Gasteiger partial charge in [-0.1, -0.05) is 73.9 Å². The summed E-state index contributed by atoms with van der Waals surface area (Å²) >= 11 is 0. The van der Waals surface area contributed by atoms with Crippen LogP contribution < -0.4 is 0 Å². The highest BCUT2D eigenvalue weighted by atomic mass is 16.3. The third-order valence-electron chi connectivity index (χ3n) is 8.20. The molecule has 2 aromatic carbocycles. The molecular formula is C31H37NO2. The summed E-state index contributed by atoms with van der Waals surface area (Å²) in [6.45, 7) is 5.14. The lowest BCUT2D eigenvalue weighted by Crippen LogP contribution is -2.41. The van der Waals surface area contributed by atoms with E-state index in [2.05, 4.69) is 66.4 Å². The summed E-state index contributed by atoms with van der Waals surface area (Å²) in [4.78, 5) is 16.4. The predicted molar refractivity (Wildman–Crippen MR) is 140 cm³/mol. The van der Waals surface area contributed by atoms with Crippen molar-refractivity contribution in [2.75, 3.05) is 19.6 Å². The topological polar surface area (TPSA) is 33.5 Å². The van der Waals surface area contributed by atoms with Crippen molar-refractivity contribution in [2.45, 2.75) is 63.7 Å². The Labute approximate surface area is 203 Å². The molecule has 5 rings (SSSR count). The molecule has 0 spiro atoms. The van der Waals surface area contributed by atoms with Crippen molar-refractivity contribution in [3.8, 4) is 0 Å². The van der Waals surface area contributed by atoms with Crippen molar-refractivity contribution < 1.29 is 9.21 Å². The number of carbonyl (C=O) groups excluding carboxylic acids is 1.